The molecule has 0 saturated heterocycles. The number of para-hydroxylation sites is 1. The molecule has 7 heteroatoms. The first-order valence-electron chi connectivity index (χ1n) is 6.15. The van der Waals surface area contributed by atoms with E-state index in [1.54, 1.807) is 24.3 Å². The molecule has 1 heterocycles. The van der Waals surface area contributed by atoms with Gasteiger partial charge in [0.15, 0.2) is 0 Å². The van der Waals surface area contributed by atoms with Crippen LogP contribution in [0, 0.1) is 0 Å². The maximum absolute atomic E-state index is 11.8. The lowest BCUT2D eigenvalue weighted by atomic mass is 10.3. The lowest BCUT2D eigenvalue weighted by Crippen LogP contribution is -2.33. The van der Waals surface area contributed by atoms with Crippen LogP contribution in [0.3, 0.4) is 0 Å². The van der Waals surface area contributed by atoms with E-state index < -0.39 is 6.03 Å². The number of nitrogens with zero attached hydrogens (tertiary/aromatic N) is 1. The van der Waals surface area contributed by atoms with E-state index in [1.807, 2.05) is 24.3 Å². The molecule has 0 aliphatic rings. The second-order valence-electron chi connectivity index (χ2n) is 4.20. The second kappa shape index (κ2) is 5.99. The van der Waals surface area contributed by atoms with E-state index in [0.717, 1.165) is 10.2 Å². The summed E-state index contributed by atoms with van der Waals surface area (Å²) in [5.41, 5.74) is 6.82. The summed E-state index contributed by atoms with van der Waals surface area (Å²) in [6.45, 7) is 0. The van der Waals surface area contributed by atoms with E-state index in [9.17, 15) is 4.79 Å². The molecule has 2 amide bonds. The molecular weight excluding hydrogens is 308 g/mol. The van der Waals surface area contributed by atoms with Crippen molar-refractivity contribution in [3.05, 3.63) is 53.6 Å². The summed E-state index contributed by atoms with van der Waals surface area (Å²) in [5.74, 6) is 0. The quantitative estimate of drug-likeness (QED) is 0.637. The summed E-state index contributed by atoms with van der Waals surface area (Å²) in [5, 5.41) is 3.85. The summed E-state index contributed by atoms with van der Waals surface area (Å²) in [6.07, 6.45) is 0. The number of hydrogen-bond acceptors (Lipinski definition) is 4. The molecule has 0 aliphatic heterocycles. The third kappa shape index (κ3) is 3.42. The van der Waals surface area contributed by atoms with Crippen molar-refractivity contribution < 1.29 is 4.79 Å². The zero-order chi connectivity index (χ0) is 14.7. The van der Waals surface area contributed by atoms with E-state index in [-0.39, 0.29) is 0 Å². The van der Waals surface area contributed by atoms with Crippen LogP contribution in [-0.2, 0) is 0 Å². The number of rotatable bonds is 3. The summed E-state index contributed by atoms with van der Waals surface area (Å²) < 4.78 is 1.05. The normalized spacial score (nSPS) is 10.3. The van der Waals surface area contributed by atoms with Crippen LogP contribution in [0.5, 0.6) is 0 Å². The minimum Gasteiger partial charge on any atom is -0.307 e. The van der Waals surface area contributed by atoms with Crippen LogP contribution < -0.4 is 16.2 Å². The molecule has 3 rings (SSSR count). The summed E-state index contributed by atoms with van der Waals surface area (Å²) >= 11 is 7.31. The number of urea groups is 1. The predicted molar refractivity (Wildman–Crippen MR) is 86.8 cm³/mol. The third-order valence-corrected chi connectivity index (χ3v) is 3.85. The van der Waals surface area contributed by atoms with Crippen molar-refractivity contribution in [2.24, 2.45) is 0 Å². The molecule has 2 aromatic carbocycles. The van der Waals surface area contributed by atoms with E-state index in [1.165, 1.54) is 11.3 Å². The lowest BCUT2D eigenvalue weighted by Gasteiger charge is -2.07. The number of carbonyl (C=O) groups excluding carboxylic acids is 1. The largest absolute Gasteiger partial charge is 0.337 e. The average molecular weight is 319 g/mol. The van der Waals surface area contributed by atoms with Gasteiger partial charge in [0, 0.05) is 10.7 Å². The van der Waals surface area contributed by atoms with Crippen molar-refractivity contribution in [1.29, 1.82) is 0 Å². The highest BCUT2D eigenvalue weighted by atomic mass is 35.5. The van der Waals surface area contributed by atoms with Gasteiger partial charge in [-0.1, -0.05) is 41.1 Å². The zero-order valence-electron chi connectivity index (χ0n) is 10.8. The molecule has 0 saturated carbocycles. The molecule has 3 aromatic rings. The first kappa shape index (κ1) is 13.7. The Bertz CT molecular complexity index is 756. The van der Waals surface area contributed by atoms with Crippen molar-refractivity contribution in [2.75, 3.05) is 10.7 Å². The summed E-state index contributed by atoms with van der Waals surface area (Å²) in [7, 11) is 0. The number of nitrogens with one attached hydrogen (secondary N) is 3. The SMILES string of the molecule is O=C(NNc1nc2ccccc2s1)Nc1cccc(Cl)c1. The molecule has 0 fully saturated rings. The fourth-order valence-electron chi connectivity index (χ4n) is 1.76. The molecule has 21 heavy (non-hydrogen) atoms. The first-order chi connectivity index (χ1) is 10.2. The Hall–Kier alpha value is -2.31. The molecule has 0 radical (unpaired) electrons. The first-order valence-corrected chi connectivity index (χ1v) is 7.34. The number of hydrogen-bond donors (Lipinski definition) is 3. The standard InChI is InChI=1S/C14H11ClN4OS/c15-9-4-3-5-10(8-9)16-13(20)18-19-14-17-11-6-1-2-7-12(11)21-14/h1-8H,(H,17,19)(H2,16,18,20). The van der Waals surface area contributed by atoms with E-state index in [2.05, 4.69) is 21.2 Å². The van der Waals surface area contributed by atoms with Gasteiger partial charge in [-0.25, -0.2) is 15.2 Å². The molecule has 5 nitrogen and oxygen atoms in total. The van der Waals surface area contributed by atoms with Gasteiger partial charge in [0.25, 0.3) is 0 Å². The molecular formula is C14H11ClN4OS. The lowest BCUT2D eigenvalue weighted by molar-refractivity contribution is 0.254. The van der Waals surface area contributed by atoms with Gasteiger partial charge in [0.1, 0.15) is 0 Å². The van der Waals surface area contributed by atoms with Crippen LogP contribution in [0.4, 0.5) is 15.6 Å². The minimum absolute atomic E-state index is 0.392. The van der Waals surface area contributed by atoms with Crippen molar-refractivity contribution in [3.63, 3.8) is 0 Å². The number of halogens is 1. The molecule has 0 unspecified atom stereocenters. The number of fused-ring (bicyclic) bond motifs is 1. The Labute approximate surface area is 129 Å². The number of amides is 2. The highest BCUT2D eigenvalue weighted by Crippen LogP contribution is 2.24. The van der Waals surface area contributed by atoms with Crippen LogP contribution in [0.15, 0.2) is 48.5 Å². The van der Waals surface area contributed by atoms with Gasteiger partial charge in [-0.05, 0) is 30.3 Å². The molecule has 0 bridgehead atoms. The van der Waals surface area contributed by atoms with E-state index in [4.69, 9.17) is 11.6 Å². The fourth-order valence-corrected chi connectivity index (χ4v) is 2.77. The number of anilines is 2. The van der Waals surface area contributed by atoms with Crippen LogP contribution >= 0.6 is 22.9 Å². The van der Waals surface area contributed by atoms with Gasteiger partial charge in [0.2, 0.25) is 5.13 Å². The van der Waals surface area contributed by atoms with Crippen molar-refractivity contribution in [2.45, 2.75) is 0 Å². The predicted octanol–water partition coefficient (Wildman–Crippen LogP) is 4.10. The van der Waals surface area contributed by atoms with Crippen molar-refractivity contribution >= 4 is 50.0 Å². The fraction of sp³-hybridized carbons (Fsp3) is 0. The van der Waals surface area contributed by atoms with Crippen LogP contribution in [0.2, 0.25) is 5.02 Å². The molecule has 0 atom stereocenters. The Kier molecular flexibility index (Phi) is 3.89. The Morgan fingerprint density at radius 2 is 2.00 bits per heavy atom. The molecule has 106 valence electrons. The smallest absolute Gasteiger partial charge is 0.307 e. The Morgan fingerprint density at radius 3 is 2.81 bits per heavy atom. The number of carbonyl (C=O) groups is 1. The van der Waals surface area contributed by atoms with Gasteiger partial charge in [0.05, 0.1) is 10.2 Å². The monoisotopic (exact) mass is 318 g/mol. The van der Waals surface area contributed by atoms with E-state index in [0.29, 0.717) is 15.8 Å². The van der Waals surface area contributed by atoms with Gasteiger partial charge in [-0.3, -0.25) is 5.43 Å². The summed E-state index contributed by atoms with van der Waals surface area (Å²) in [6, 6.07) is 14.3. The topological polar surface area (TPSA) is 66.0 Å². The van der Waals surface area contributed by atoms with Gasteiger partial charge in [-0.15, -0.1) is 0 Å². The number of benzene rings is 2. The molecule has 1 aromatic heterocycles. The second-order valence-corrected chi connectivity index (χ2v) is 5.67. The highest BCUT2D eigenvalue weighted by molar-refractivity contribution is 7.22. The molecule has 3 N–H and O–H groups in total. The number of aromatic nitrogens is 1. The van der Waals surface area contributed by atoms with Gasteiger partial charge >= 0.3 is 6.03 Å². The van der Waals surface area contributed by atoms with Gasteiger partial charge < -0.3 is 5.32 Å². The summed E-state index contributed by atoms with van der Waals surface area (Å²) in [4.78, 5) is 16.1. The minimum atomic E-state index is -0.392. The Morgan fingerprint density at radius 1 is 1.14 bits per heavy atom. The number of hydrazine groups is 1. The zero-order valence-corrected chi connectivity index (χ0v) is 12.3. The van der Waals surface area contributed by atoms with E-state index >= 15 is 0 Å². The van der Waals surface area contributed by atoms with Crippen molar-refractivity contribution in [1.82, 2.24) is 10.4 Å². The van der Waals surface area contributed by atoms with Crippen LogP contribution in [0.25, 0.3) is 10.2 Å². The maximum atomic E-state index is 11.8. The Balaban J connectivity index is 1.60. The maximum Gasteiger partial charge on any atom is 0.337 e. The average Bonchev–Trinajstić information content (AvgIpc) is 2.88. The van der Waals surface area contributed by atoms with Crippen LogP contribution in [-0.4, -0.2) is 11.0 Å². The molecule has 0 aliphatic carbocycles. The van der Waals surface area contributed by atoms with Gasteiger partial charge in [-0.2, -0.15) is 0 Å². The van der Waals surface area contributed by atoms with Crippen LogP contribution in [0.1, 0.15) is 0 Å². The third-order valence-electron chi connectivity index (χ3n) is 2.66. The van der Waals surface area contributed by atoms with Crippen molar-refractivity contribution in [3.8, 4) is 0 Å². The highest BCUT2D eigenvalue weighted by Gasteiger charge is 2.05. The number of thiazole rings is 1. The molecule has 0 spiro atoms.